The summed E-state index contributed by atoms with van der Waals surface area (Å²) in [6.07, 6.45) is 3.93. The average Bonchev–Trinajstić information content (AvgIpc) is 2.93. The predicted octanol–water partition coefficient (Wildman–Crippen LogP) is 3.90. The molecule has 2 amide bonds. The summed E-state index contributed by atoms with van der Waals surface area (Å²) in [7, 11) is 0. The smallest absolute Gasteiger partial charge is 0.262 e. The molecule has 4 rings (SSSR count). The summed E-state index contributed by atoms with van der Waals surface area (Å²) in [6, 6.07) is 14.0. The topological polar surface area (TPSA) is 115 Å². The minimum Gasteiger partial charge on any atom is -0.369 e. The largest absolute Gasteiger partial charge is 0.369 e. The van der Waals surface area contributed by atoms with Gasteiger partial charge in [-0.05, 0) is 37.5 Å². The van der Waals surface area contributed by atoms with Gasteiger partial charge >= 0.3 is 0 Å². The molecule has 194 valence electrons. The average molecular weight is 521 g/mol. The van der Waals surface area contributed by atoms with E-state index in [2.05, 4.69) is 6.92 Å². The second kappa shape index (κ2) is 12.2. The Morgan fingerprint density at radius 3 is 2.43 bits per heavy atom. The van der Waals surface area contributed by atoms with E-state index in [9.17, 15) is 19.2 Å². The number of unbranched alkanes of at least 4 members (excludes halogenated alkanes) is 2. The Balaban J connectivity index is 1.61. The molecule has 0 aliphatic carbocycles. The number of aromatic nitrogens is 2. The van der Waals surface area contributed by atoms with E-state index in [4.69, 9.17) is 10.7 Å². The van der Waals surface area contributed by atoms with Crippen molar-refractivity contribution in [2.75, 3.05) is 18.8 Å². The van der Waals surface area contributed by atoms with Gasteiger partial charge in [-0.15, -0.1) is 0 Å². The predicted molar refractivity (Wildman–Crippen MR) is 145 cm³/mol. The number of ketones is 1. The first-order chi connectivity index (χ1) is 17.9. The zero-order valence-corrected chi connectivity index (χ0v) is 21.8. The van der Waals surface area contributed by atoms with Crippen molar-refractivity contribution in [3.05, 3.63) is 70.0 Å². The maximum absolute atomic E-state index is 13.4. The van der Waals surface area contributed by atoms with Gasteiger partial charge in [0.25, 0.3) is 11.5 Å². The number of piperidine rings is 1. The molecule has 8 nitrogen and oxygen atoms in total. The second-order valence-corrected chi connectivity index (χ2v) is 10.3. The monoisotopic (exact) mass is 520 g/mol. The number of carbonyl (C=O) groups excluding carboxylic acids is 3. The Hall–Kier alpha value is -3.46. The molecule has 1 aliphatic heterocycles. The highest BCUT2D eigenvalue weighted by atomic mass is 32.2. The molecular formula is C28H32N4O4S. The highest BCUT2D eigenvalue weighted by Gasteiger charge is 2.27. The van der Waals surface area contributed by atoms with Crippen LogP contribution in [0.15, 0.2) is 58.5 Å². The highest BCUT2D eigenvalue weighted by molar-refractivity contribution is 7.99. The van der Waals surface area contributed by atoms with Gasteiger partial charge < -0.3 is 10.6 Å². The number of Topliss-reactive ketones (excluding diaryl/α,β-unsaturated/α-hetero) is 1. The number of amides is 2. The van der Waals surface area contributed by atoms with E-state index >= 15 is 0 Å². The Bertz CT molecular complexity index is 1350. The van der Waals surface area contributed by atoms with Gasteiger partial charge in [0.1, 0.15) is 0 Å². The maximum atomic E-state index is 13.4. The van der Waals surface area contributed by atoms with Crippen LogP contribution < -0.4 is 11.3 Å². The number of likely N-dealkylation sites (tertiary alicyclic amines) is 1. The molecule has 1 saturated heterocycles. The fourth-order valence-corrected chi connectivity index (χ4v) is 5.47. The molecule has 0 bridgehead atoms. The third-order valence-electron chi connectivity index (χ3n) is 6.77. The Labute approximate surface area is 220 Å². The van der Waals surface area contributed by atoms with Crippen molar-refractivity contribution in [2.24, 2.45) is 11.7 Å². The van der Waals surface area contributed by atoms with E-state index in [1.54, 1.807) is 39.8 Å². The highest BCUT2D eigenvalue weighted by Crippen LogP contribution is 2.23. The van der Waals surface area contributed by atoms with Crippen LogP contribution in [0.2, 0.25) is 0 Å². The molecule has 3 aromatic rings. The molecule has 0 atom stereocenters. The van der Waals surface area contributed by atoms with Crippen LogP contribution >= 0.6 is 11.8 Å². The zero-order chi connectivity index (χ0) is 26.4. The standard InChI is InChI=1S/C28H32N4O4S/c1-2-3-7-14-32-27(36)22-11-10-21(26(35)31-15-12-20(13-16-31)25(29)34)17-23(22)30-28(32)37-18-24(33)19-8-5-4-6-9-19/h4-6,8-11,17,20H,2-3,7,12-16,18H2,1H3,(H2,29,34). The van der Waals surface area contributed by atoms with Crippen molar-refractivity contribution in [3.63, 3.8) is 0 Å². The normalized spacial score (nSPS) is 14.1. The summed E-state index contributed by atoms with van der Waals surface area (Å²) in [5.41, 5.74) is 6.73. The number of fused-ring (bicyclic) bond motifs is 1. The minimum absolute atomic E-state index is 0.0386. The number of rotatable bonds is 10. The molecule has 2 N–H and O–H groups in total. The molecule has 0 saturated carbocycles. The van der Waals surface area contributed by atoms with Gasteiger partial charge in [-0.25, -0.2) is 4.98 Å². The number of primary amides is 1. The SMILES string of the molecule is CCCCCn1c(SCC(=O)c2ccccc2)nc2cc(C(=O)N3CCC(C(N)=O)CC3)ccc2c1=O. The van der Waals surface area contributed by atoms with Crippen LogP contribution in [-0.4, -0.2) is 50.9 Å². The van der Waals surface area contributed by atoms with Crippen LogP contribution in [0.1, 0.15) is 59.7 Å². The van der Waals surface area contributed by atoms with Gasteiger partial charge in [0.05, 0.1) is 16.7 Å². The molecule has 1 aliphatic rings. The lowest BCUT2D eigenvalue weighted by atomic mass is 9.96. The first-order valence-corrected chi connectivity index (χ1v) is 13.7. The molecule has 1 aromatic heterocycles. The van der Waals surface area contributed by atoms with Crippen LogP contribution in [0.3, 0.4) is 0 Å². The minimum atomic E-state index is -0.326. The Kier molecular flexibility index (Phi) is 8.76. The molecule has 2 heterocycles. The number of thioether (sulfide) groups is 1. The third-order valence-corrected chi connectivity index (χ3v) is 7.74. The molecule has 9 heteroatoms. The maximum Gasteiger partial charge on any atom is 0.262 e. The van der Waals surface area contributed by atoms with Gasteiger partial charge in [0.15, 0.2) is 10.9 Å². The summed E-state index contributed by atoms with van der Waals surface area (Å²) in [6.45, 7) is 3.54. The first-order valence-electron chi connectivity index (χ1n) is 12.7. The second-order valence-electron chi connectivity index (χ2n) is 9.34. The lowest BCUT2D eigenvalue weighted by Gasteiger charge is -2.30. The summed E-state index contributed by atoms with van der Waals surface area (Å²) >= 11 is 1.25. The van der Waals surface area contributed by atoms with Gasteiger partial charge in [-0.2, -0.15) is 0 Å². The number of nitrogens with zero attached hydrogens (tertiary/aromatic N) is 3. The van der Waals surface area contributed by atoms with Crippen LogP contribution in [-0.2, 0) is 11.3 Å². The number of carbonyl (C=O) groups is 3. The molecule has 37 heavy (non-hydrogen) atoms. The van der Waals surface area contributed by atoms with E-state index in [0.717, 1.165) is 19.3 Å². The summed E-state index contributed by atoms with van der Waals surface area (Å²) in [5, 5.41) is 0.920. The summed E-state index contributed by atoms with van der Waals surface area (Å²) in [4.78, 5) is 57.2. The van der Waals surface area contributed by atoms with Crippen molar-refractivity contribution < 1.29 is 14.4 Å². The number of hydrogen-bond donors (Lipinski definition) is 1. The quantitative estimate of drug-likeness (QED) is 0.188. The van der Waals surface area contributed by atoms with Gasteiger partial charge in [0.2, 0.25) is 5.91 Å². The Morgan fingerprint density at radius 1 is 1.03 bits per heavy atom. The molecule has 2 aromatic carbocycles. The third kappa shape index (κ3) is 6.28. The first kappa shape index (κ1) is 26.6. The lowest BCUT2D eigenvalue weighted by molar-refractivity contribution is -0.123. The Morgan fingerprint density at radius 2 is 1.76 bits per heavy atom. The van der Waals surface area contributed by atoms with Gasteiger partial charge in [0, 0.05) is 36.7 Å². The van der Waals surface area contributed by atoms with E-state index in [1.165, 1.54) is 11.8 Å². The van der Waals surface area contributed by atoms with Gasteiger partial charge in [-0.3, -0.25) is 23.7 Å². The summed E-state index contributed by atoms with van der Waals surface area (Å²) < 4.78 is 1.65. The number of nitrogens with two attached hydrogens (primary N) is 1. The van der Waals surface area contributed by atoms with E-state index in [1.807, 2.05) is 18.2 Å². The summed E-state index contributed by atoms with van der Waals surface area (Å²) in [5.74, 6) is -0.571. The fourth-order valence-electron chi connectivity index (χ4n) is 4.55. The van der Waals surface area contributed by atoms with Crippen LogP contribution in [0.4, 0.5) is 0 Å². The van der Waals surface area contributed by atoms with E-state index < -0.39 is 0 Å². The fraction of sp³-hybridized carbons (Fsp3) is 0.393. The van der Waals surface area contributed by atoms with Crippen molar-refractivity contribution >= 4 is 40.3 Å². The van der Waals surface area contributed by atoms with Crippen molar-refractivity contribution in [2.45, 2.75) is 50.7 Å². The van der Waals surface area contributed by atoms with Crippen molar-refractivity contribution in [1.29, 1.82) is 0 Å². The van der Waals surface area contributed by atoms with Crippen LogP contribution in [0, 0.1) is 5.92 Å². The van der Waals surface area contributed by atoms with Crippen LogP contribution in [0.5, 0.6) is 0 Å². The van der Waals surface area contributed by atoms with E-state index in [0.29, 0.717) is 59.7 Å². The lowest BCUT2D eigenvalue weighted by Crippen LogP contribution is -2.41. The number of hydrogen-bond acceptors (Lipinski definition) is 6. The van der Waals surface area contributed by atoms with Crippen molar-refractivity contribution in [3.8, 4) is 0 Å². The van der Waals surface area contributed by atoms with Crippen LogP contribution in [0.25, 0.3) is 10.9 Å². The molecular weight excluding hydrogens is 488 g/mol. The van der Waals surface area contributed by atoms with E-state index in [-0.39, 0.29) is 34.8 Å². The molecule has 1 fully saturated rings. The van der Waals surface area contributed by atoms with Crippen molar-refractivity contribution in [1.82, 2.24) is 14.5 Å². The zero-order valence-electron chi connectivity index (χ0n) is 21.0. The molecule has 0 spiro atoms. The molecule has 0 radical (unpaired) electrons. The van der Waals surface area contributed by atoms with Gasteiger partial charge in [-0.1, -0.05) is 61.9 Å². The number of benzene rings is 2. The molecule has 0 unspecified atom stereocenters.